The summed E-state index contributed by atoms with van der Waals surface area (Å²) >= 11 is 3.13. The quantitative estimate of drug-likeness (QED) is 0.887. The Hall–Kier alpha value is -1.75. The van der Waals surface area contributed by atoms with Gasteiger partial charge in [-0.15, -0.1) is 0 Å². The smallest absolute Gasteiger partial charge is 0.185 e. The van der Waals surface area contributed by atoms with Crippen molar-refractivity contribution in [3.8, 4) is 0 Å². The van der Waals surface area contributed by atoms with Gasteiger partial charge in [-0.3, -0.25) is 9.78 Å². The molecule has 0 aliphatic heterocycles. The number of hydrogen-bond donors (Lipinski definition) is 1. The molecule has 1 aromatic carbocycles. The Morgan fingerprint density at radius 2 is 2.11 bits per heavy atom. The van der Waals surface area contributed by atoms with Crippen LogP contribution in [0, 0.1) is 5.82 Å². The van der Waals surface area contributed by atoms with E-state index in [0.29, 0.717) is 21.4 Å². The third-order valence-electron chi connectivity index (χ3n) is 2.45. The van der Waals surface area contributed by atoms with Crippen molar-refractivity contribution in [3.63, 3.8) is 0 Å². The van der Waals surface area contributed by atoms with E-state index in [1.165, 1.54) is 12.3 Å². The van der Waals surface area contributed by atoms with Gasteiger partial charge in [-0.2, -0.15) is 0 Å². The molecule has 2 N–H and O–H groups in total. The molecule has 92 valence electrons. The van der Waals surface area contributed by atoms with E-state index >= 15 is 0 Å². The minimum Gasteiger partial charge on any atom is -0.397 e. The van der Waals surface area contributed by atoms with Crippen molar-refractivity contribution in [2.24, 2.45) is 0 Å². The highest BCUT2D eigenvalue weighted by Crippen LogP contribution is 2.21. The number of carbonyl (C=O) groups is 1. The van der Waals surface area contributed by atoms with Crippen LogP contribution in [0.25, 0.3) is 0 Å². The monoisotopic (exact) mass is 308 g/mol. The van der Waals surface area contributed by atoms with Gasteiger partial charge < -0.3 is 5.73 Å². The molecule has 0 unspecified atom stereocenters. The van der Waals surface area contributed by atoms with Gasteiger partial charge in [-0.05, 0) is 39.7 Å². The lowest BCUT2D eigenvalue weighted by Gasteiger charge is -2.04. The van der Waals surface area contributed by atoms with Gasteiger partial charge in [0.25, 0.3) is 0 Å². The van der Waals surface area contributed by atoms with Gasteiger partial charge in [0.15, 0.2) is 5.78 Å². The van der Waals surface area contributed by atoms with Crippen molar-refractivity contribution in [1.82, 2.24) is 4.98 Å². The molecule has 5 heteroatoms. The Balaban J connectivity index is 2.21. The predicted octanol–water partition coefficient (Wildman–Crippen LogP) is 2.99. The number of pyridine rings is 1. The van der Waals surface area contributed by atoms with Crippen molar-refractivity contribution < 1.29 is 9.18 Å². The highest BCUT2D eigenvalue weighted by molar-refractivity contribution is 9.10. The number of rotatable bonds is 3. The van der Waals surface area contributed by atoms with Crippen LogP contribution in [0.15, 0.2) is 41.0 Å². The Labute approximate surface area is 112 Å². The second kappa shape index (κ2) is 5.27. The molecule has 0 aliphatic carbocycles. The molecule has 2 aromatic rings. The molecular weight excluding hydrogens is 299 g/mol. The molecule has 3 nitrogen and oxygen atoms in total. The SMILES string of the molecule is Nc1ccc(C(=O)Cc2cccc(F)c2Br)nc1. The molecule has 0 spiro atoms. The van der Waals surface area contributed by atoms with Gasteiger partial charge in [0.05, 0.1) is 16.4 Å². The van der Waals surface area contributed by atoms with E-state index in [2.05, 4.69) is 20.9 Å². The van der Waals surface area contributed by atoms with Crippen LogP contribution in [0.2, 0.25) is 0 Å². The number of carbonyl (C=O) groups excluding carboxylic acids is 1. The van der Waals surface area contributed by atoms with Gasteiger partial charge in [0, 0.05) is 6.42 Å². The maximum atomic E-state index is 13.3. The van der Waals surface area contributed by atoms with E-state index in [0.717, 1.165) is 0 Å². The molecule has 2 rings (SSSR count). The standard InChI is InChI=1S/C13H10BrFN2O/c14-13-8(2-1-3-10(13)15)6-12(18)11-5-4-9(16)7-17-11/h1-5,7H,6,16H2. The molecule has 0 saturated heterocycles. The molecule has 0 saturated carbocycles. The average Bonchev–Trinajstić information content (AvgIpc) is 2.36. The molecule has 0 atom stereocenters. The van der Waals surface area contributed by atoms with Gasteiger partial charge >= 0.3 is 0 Å². The first-order valence-electron chi connectivity index (χ1n) is 5.25. The Morgan fingerprint density at radius 1 is 1.33 bits per heavy atom. The van der Waals surface area contributed by atoms with Gasteiger partial charge in [-0.1, -0.05) is 12.1 Å². The Kier molecular flexibility index (Phi) is 3.72. The van der Waals surface area contributed by atoms with Crippen LogP contribution in [0.3, 0.4) is 0 Å². The molecular formula is C13H10BrFN2O. The number of Topliss-reactive ketones (excluding diaryl/α,β-unsaturated/α-hetero) is 1. The van der Waals surface area contributed by atoms with Crippen LogP contribution in [-0.2, 0) is 6.42 Å². The molecule has 0 amide bonds. The molecule has 18 heavy (non-hydrogen) atoms. The average molecular weight is 309 g/mol. The summed E-state index contributed by atoms with van der Waals surface area (Å²) in [6, 6.07) is 7.77. The molecule has 0 aliphatic rings. The van der Waals surface area contributed by atoms with E-state index in [4.69, 9.17) is 5.73 Å². The molecule has 1 aromatic heterocycles. The van der Waals surface area contributed by atoms with Crippen molar-refractivity contribution in [2.75, 3.05) is 5.73 Å². The second-order valence-corrected chi connectivity index (χ2v) is 4.58. The molecule has 0 radical (unpaired) electrons. The summed E-state index contributed by atoms with van der Waals surface area (Å²) in [7, 11) is 0. The fourth-order valence-electron chi connectivity index (χ4n) is 1.52. The highest BCUT2D eigenvalue weighted by atomic mass is 79.9. The number of hydrogen-bond acceptors (Lipinski definition) is 3. The second-order valence-electron chi connectivity index (χ2n) is 3.79. The lowest BCUT2D eigenvalue weighted by atomic mass is 10.1. The van der Waals surface area contributed by atoms with Crippen LogP contribution >= 0.6 is 15.9 Å². The first kappa shape index (κ1) is 12.7. The first-order chi connectivity index (χ1) is 8.58. The fraction of sp³-hybridized carbons (Fsp3) is 0.0769. The minimum absolute atomic E-state index is 0.0925. The van der Waals surface area contributed by atoms with Crippen LogP contribution in [-0.4, -0.2) is 10.8 Å². The lowest BCUT2D eigenvalue weighted by molar-refractivity contribution is 0.0988. The number of nitrogens with zero attached hydrogens (tertiary/aromatic N) is 1. The number of benzene rings is 1. The summed E-state index contributed by atoms with van der Waals surface area (Å²) < 4.78 is 13.6. The van der Waals surface area contributed by atoms with Crippen molar-refractivity contribution >= 4 is 27.4 Å². The van der Waals surface area contributed by atoms with Crippen molar-refractivity contribution in [2.45, 2.75) is 6.42 Å². The zero-order valence-corrected chi connectivity index (χ0v) is 10.9. The van der Waals surface area contributed by atoms with Crippen LogP contribution < -0.4 is 5.73 Å². The first-order valence-corrected chi connectivity index (χ1v) is 6.05. The van der Waals surface area contributed by atoms with Crippen molar-refractivity contribution in [3.05, 3.63) is 58.1 Å². The molecule has 0 bridgehead atoms. The van der Waals surface area contributed by atoms with E-state index in [1.807, 2.05) is 0 Å². The summed E-state index contributed by atoms with van der Waals surface area (Å²) in [6.45, 7) is 0. The summed E-state index contributed by atoms with van der Waals surface area (Å²) in [5, 5.41) is 0. The summed E-state index contributed by atoms with van der Waals surface area (Å²) in [5.41, 5.74) is 6.91. The summed E-state index contributed by atoms with van der Waals surface area (Å²) in [5.74, 6) is -0.563. The maximum Gasteiger partial charge on any atom is 0.185 e. The topological polar surface area (TPSA) is 56.0 Å². The zero-order chi connectivity index (χ0) is 13.1. The number of aromatic nitrogens is 1. The van der Waals surface area contributed by atoms with E-state index < -0.39 is 0 Å². The fourth-order valence-corrected chi connectivity index (χ4v) is 1.92. The normalized spacial score (nSPS) is 10.3. The largest absolute Gasteiger partial charge is 0.397 e. The number of nitrogens with two attached hydrogens (primary N) is 1. The molecule has 0 fully saturated rings. The van der Waals surface area contributed by atoms with Crippen LogP contribution in [0.5, 0.6) is 0 Å². The molecule has 1 heterocycles. The van der Waals surface area contributed by atoms with Crippen LogP contribution in [0.4, 0.5) is 10.1 Å². The predicted molar refractivity (Wildman–Crippen MR) is 70.8 cm³/mol. The van der Waals surface area contributed by atoms with Gasteiger partial charge in [0.2, 0.25) is 0 Å². The zero-order valence-electron chi connectivity index (χ0n) is 9.36. The van der Waals surface area contributed by atoms with Crippen molar-refractivity contribution in [1.29, 1.82) is 0 Å². The minimum atomic E-state index is -0.384. The number of nitrogen functional groups attached to an aromatic ring is 1. The Morgan fingerprint density at radius 3 is 2.78 bits per heavy atom. The number of ketones is 1. The Bertz CT molecular complexity index is 584. The third kappa shape index (κ3) is 2.73. The number of anilines is 1. The summed E-state index contributed by atoms with van der Waals surface area (Å²) in [4.78, 5) is 15.9. The van der Waals surface area contributed by atoms with E-state index in [1.54, 1.807) is 24.3 Å². The van der Waals surface area contributed by atoms with Gasteiger partial charge in [-0.25, -0.2) is 4.39 Å². The summed E-state index contributed by atoms with van der Waals surface area (Å²) in [6.07, 6.45) is 1.52. The maximum absolute atomic E-state index is 13.3. The number of halogens is 2. The van der Waals surface area contributed by atoms with Crippen LogP contribution in [0.1, 0.15) is 16.1 Å². The third-order valence-corrected chi connectivity index (χ3v) is 3.34. The van der Waals surface area contributed by atoms with E-state index in [9.17, 15) is 9.18 Å². The van der Waals surface area contributed by atoms with Gasteiger partial charge in [0.1, 0.15) is 11.5 Å². The highest BCUT2D eigenvalue weighted by Gasteiger charge is 2.12. The van der Waals surface area contributed by atoms with E-state index in [-0.39, 0.29) is 18.0 Å². The lowest BCUT2D eigenvalue weighted by Crippen LogP contribution is -2.07.